The van der Waals surface area contributed by atoms with Crippen LogP contribution in [0.1, 0.15) is 26.2 Å². The molecule has 1 unspecified atom stereocenters. The van der Waals surface area contributed by atoms with Crippen LogP contribution in [0.15, 0.2) is 0 Å². The predicted molar refractivity (Wildman–Crippen MR) is 50.0 cm³/mol. The van der Waals surface area contributed by atoms with Crippen LogP contribution in [0.4, 0.5) is 0 Å². The summed E-state index contributed by atoms with van der Waals surface area (Å²) in [6, 6.07) is 0. The van der Waals surface area contributed by atoms with Gasteiger partial charge in [-0.25, -0.2) is 0 Å². The minimum atomic E-state index is -0.305. The third-order valence-electron chi connectivity index (χ3n) is 1.97. The Morgan fingerprint density at radius 2 is 2.17 bits per heavy atom. The molecule has 0 amide bonds. The number of unbranched alkanes of at least 4 members (excludes halogenated alkanes) is 1. The normalized spacial score (nSPS) is 13.8. The van der Waals surface area contributed by atoms with Crippen LogP contribution in [-0.4, -0.2) is 43.5 Å². The molecule has 74 valence electrons. The Labute approximate surface area is 75.3 Å². The van der Waals surface area contributed by atoms with Crippen LogP contribution in [-0.2, 0) is 4.74 Å². The zero-order chi connectivity index (χ0) is 9.40. The lowest BCUT2D eigenvalue weighted by atomic mass is 10.2. The molecule has 0 saturated carbocycles. The quantitative estimate of drug-likeness (QED) is 0.588. The summed E-state index contributed by atoms with van der Waals surface area (Å²) in [5.74, 6) is 0. The minimum Gasteiger partial charge on any atom is -0.383 e. The molecule has 0 saturated heterocycles. The van der Waals surface area contributed by atoms with Crippen LogP contribution >= 0.6 is 0 Å². The summed E-state index contributed by atoms with van der Waals surface area (Å²) in [5, 5.41) is 9.55. The number of ether oxygens (including phenoxy) is 1. The molecule has 0 aliphatic carbocycles. The summed E-state index contributed by atoms with van der Waals surface area (Å²) in [5.41, 5.74) is 0. The third kappa shape index (κ3) is 5.52. The van der Waals surface area contributed by atoms with Crippen LogP contribution < -0.4 is 0 Å². The number of methoxy groups -OCH3 is 1. The molecule has 0 radical (unpaired) electrons. The van der Waals surface area contributed by atoms with Crippen LogP contribution in [0.25, 0.3) is 0 Å². The highest BCUT2D eigenvalue weighted by Crippen LogP contribution is 2.03. The van der Waals surface area contributed by atoms with Crippen molar-refractivity contribution < 1.29 is 9.84 Å². The Bertz CT molecular complexity index is 86.5. The second kappa shape index (κ2) is 7.53. The Morgan fingerprint density at radius 3 is 2.67 bits per heavy atom. The van der Waals surface area contributed by atoms with Gasteiger partial charge in [0.1, 0.15) is 6.23 Å². The van der Waals surface area contributed by atoms with Gasteiger partial charge >= 0.3 is 0 Å². The first-order valence-corrected chi connectivity index (χ1v) is 4.59. The largest absolute Gasteiger partial charge is 0.383 e. The zero-order valence-corrected chi connectivity index (χ0v) is 8.42. The van der Waals surface area contributed by atoms with Crippen molar-refractivity contribution in [3.8, 4) is 0 Å². The van der Waals surface area contributed by atoms with Gasteiger partial charge in [-0.1, -0.05) is 13.3 Å². The Morgan fingerprint density at radius 1 is 1.50 bits per heavy atom. The monoisotopic (exact) mass is 175 g/mol. The molecule has 0 rings (SSSR count). The Hall–Kier alpha value is -0.120. The van der Waals surface area contributed by atoms with Crippen molar-refractivity contribution >= 4 is 0 Å². The minimum absolute atomic E-state index is 0.305. The van der Waals surface area contributed by atoms with E-state index in [1.54, 1.807) is 7.11 Å². The van der Waals surface area contributed by atoms with E-state index in [0.717, 1.165) is 25.8 Å². The van der Waals surface area contributed by atoms with Crippen molar-refractivity contribution in [1.29, 1.82) is 0 Å². The van der Waals surface area contributed by atoms with Gasteiger partial charge in [-0.2, -0.15) is 0 Å². The molecular formula is C9H21NO2. The number of aliphatic hydroxyl groups is 1. The highest BCUT2D eigenvalue weighted by atomic mass is 16.5. The van der Waals surface area contributed by atoms with Crippen LogP contribution in [0, 0.1) is 0 Å². The van der Waals surface area contributed by atoms with Gasteiger partial charge in [0.15, 0.2) is 0 Å². The lowest BCUT2D eigenvalue weighted by molar-refractivity contribution is 0.00101. The van der Waals surface area contributed by atoms with Gasteiger partial charge in [0, 0.05) is 13.7 Å². The fourth-order valence-corrected chi connectivity index (χ4v) is 0.991. The molecule has 3 nitrogen and oxygen atoms in total. The van der Waals surface area contributed by atoms with E-state index in [-0.39, 0.29) is 6.23 Å². The first-order chi connectivity index (χ1) is 5.72. The summed E-state index contributed by atoms with van der Waals surface area (Å²) >= 11 is 0. The van der Waals surface area contributed by atoms with Crippen LogP contribution in [0.3, 0.4) is 0 Å². The summed E-state index contributed by atoms with van der Waals surface area (Å²) < 4.78 is 4.91. The van der Waals surface area contributed by atoms with Gasteiger partial charge in [0.05, 0.1) is 6.61 Å². The molecule has 0 aliphatic rings. The van der Waals surface area contributed by atoms with E-state index < -0.39 is 0 Å². The summed E-state index contributed by atoms with van der Waals surface area (Å²) in [6.45, 7) is 3.60. The molecule has 0 spiro atoms. The van der Waals surface area contributed by atoms with Crippen molar-refractivity contribution in [2.75, 3.05) is 27.3 Å². The second-order valence-electron chi connectivity index (χ2n) is 3.10. The topological polar surface area (TPSA) is 32.7 Å². The van der Waals surface area contributed by atoms with Crippen LogP contribution in [0.2, 0.25) is 0 Å². The zero-order valence-electron chi connectivity index (χ0n) is 8.42. The predicted octanol–water partition coefficient (Wildman–Crippen LogP) is 1.07. The number of nitrogens with zero attached hydrogens (tertiary/aromatic N) is 1. The molecule has 0 aromatic heterocycles. The molecule has 0 aliphatic heterocycles. The van der Waals surface area contributed by atoms with E-state index in [4.69, 9.17) is 4.74 Å². The molecular weight excluding hydrogens is 154 g/mol. The van der Waals surface area contributed by atoms with E-state index >= 15 is 0 Å². The van der Waals surface area contributed by atoms with E-state index in [0.29, 0.717) is 6.61 Å². The molecule has 0 aromatic rings. The van der Waals surface area contributed by atoms with E-state index in [2.05, 4.69) is 6.92 Å². The molecule has 0 fully saturated rings. The van der Waals surface area contributed by atoms with Crippen molar-refractivity contribution in [3.05, 3.63) is 0 Å². The fraction of sp³-hybridized carbons (Fsp3) is 1.00. The summed E-state index contributed by atoms with van der Waals surface area (Å²) in [4.78, 5) is 1.92. The number of hydrogen-bond donors (Lipinski definition) is 1. The van der Waals surface area contributed by atoms with Crippen molar-refractivity contribution in [3.63, 3.8) is 0 Å². The first kappa shape index (κ1) is 11.9. The van der Waals surface area contributed by atoms with E-state index in [9.17, 15) is 5.11 Å². The fourth-order valence-electron chi connectivity index (χ4n) is 0.991. The summed E-state index contributed by atoms with van der Waals surface area (Å²) in [6.07, 6.45) is 2.77. The van der Waals surface area contributed by atoms with Gasteiger partial charge < -0.3 is 9.84 Å². The highest BCUT2D eigenvalue weighted by molar-refractivity contribution is 4.56. The maximum Gasteiger partial charge on any atom is 0.107 e. The van der Waals surface area contributed by atoms with Crippen molar-refractivity contribution in [2.45, 2.75) is 32.4 Å². The van der Waals surface area contributed by atoms with E-state index in [1.165, 1.54) is 0 Å². The maximum atomic E-state index is 9.55. The van der Waals surface area contributed by atoms with Gasteiger partial charge in [0.2, 0.25) is 0 Å². The van der Waals surface area contributed by atoms with Crippen molar-refractivity contribution in [2.24, 2.45) is 0 Å². The number of hydrogen-bond acceptors (Lipinski definition) is 3. The third-order valence-corrected chi connectivity index (χ3v) is 1.97. The van der Waals surface area contributed by atoms with Gasteiger partial charge in [-0.15, -0.1) is 0 Å². The standard InChI is InChI=1S/C9H21NO2/c1-4-5-6-9(11)10(2)7-8-12-3/h9,11H,4-8H2,1-3H3. The number of aliphatic hydroxyl groups excluding tert-OH is 1. The SMILES string of the molecule is CCCCC(O)N(C)CCOC. The van der Waals surface area contributed by atoms with Gasteiger partial charge in [-0.3, -0.25) is 4.90 Å². The van der Waals surface area contributed by atoms with Crippen molar-refractivity contribution in [1.82, 2.24) is 4.90 Å². The van der Waals surface area contributed by atoms with Gasteiger partial charge in [0.25, 0.3) is 0 Å². The molecule has 12 heavy (non-hydrogen) atoms. The molecule has 1 N–H and O–H groups in total. The molecule has 0 heterocycles. The number of likely N-dealkylation sites (N-methyl/N-ethyl adjacent to an activating group) is 1. The number of rotatable bonds is 7. The first-order valence-electron chi connectivity index (χ1n) is 4.59. The Kier molecular flexibility index (Phi) is 7.45. The highest BCUT2D eigenvalue weighted by Gasteiger charge is 2.08. The molecule has 0 bridgehead atoms. The molecule has 0 aromatic carbocycles. The van der Waals surface area contributed by atoms with Gasteiger partial charge in [-0.05, 0) is 19.9 Å². The lowest BCUT2D eigenvalue weighted by Crippen LogP contribution is -2.33. The maximum absolute atomic E-state index is 9.55. The van der Waals surface area contributed by atoms with Crippen LogP contribution in [0.5, 0.6) is 0 Å². The average Bonchev–Trinajstić information content (AvgIpc) is 2.10. The second-order valence-corrected chi connectivity index (χ2v) is 3.10. The van der Waals surface area contributed by atoms with E-state index in [1.807, 2.05) is 11.9 Å². The summed E-state index contributed by atoms with van der Waals surface area (Å²) in [7, 11) is 3.59. The molecule has 3 heteroatoms. The lowest BCUT2D eigenvalue weighted by Gasteiger charge is -2.22. The average molecular weight is 175 g/mol. The molecule has 1 atom stereocenters. The smallest absolute Gasteiger partial charge is 0.107 e. The Balaban J connectivity index is 3.39.